The van der Waals surface area contributed by atoms with Gasteiger partial charge in [-0.25, -0.2) is 4.52 Å². The largest absolute Gasteiger partial charge is 0.416 e. The van der Waals surface area contributed by atoms with Gasteiger partial charge in [0.15, 0.2) is 11.2 Å². The number of pyridine rings is 1. The minimum atomic E-state index is -4.52. The second-order valence-corrected chi connectivity index (χ2v) is 7.62. The number of benzene rings is 2. The lowest BCUT2D eigenvalue weighted by molar-refractivity contribution is -0.137. The van der Waals surface area contributed by atoms with Gasteiger partial charge in [-0.15, -0.1) is 10.2 Å². The monoisotopic (exact) mass is 455 g/mol. The van der Waals surface area contributed by atoms with Crippen LogP contribution in [-0.4, -0.2) is 24.4 Å². The topological polar surface area (TPSA) is 65.1 Å². The van der Waals surface area contributed by atoms with Gasteiger partial charge in [0, 0.05) is 16.9 Å². The summed E-state index contributed by atoms with van der Waals surface area (Å²) in [6.07, 6.45) is -3.12. The summed E-state index contributed by atoms with van der Waals surface area (Å²) < 4.78 is 41.9. The van der Waals surface area contributed by atoms with Crippen molar-refractivity contribution in [3.05, 3.63) is 87.4 Å². The van der Waals surface area contributed by atoms with Gasteiger partial charge in [0.25, 0.3) is 5.56 Å². The lowest BCUT2D eigenvalue weighted by Crippen LogP contribution is -2.20. The Labute approximate surface area is 183 Å². The fourth-order valence-electron chi connectivity index (χ4n) is 3.67. The maximum absolute atomic E-state index is 13.1. The van der Waals surface area contributed by atoms with Crippen molar-refractivity contribution in [2.45, 2.75) is 13.1 Å². The third-order valence-corrected chi connectivity index (χ3v) is 5.35. The fourth-order valence-corrected chi connectivity index (χ4v) is 3.86. The summed E-state index contributed by atoms with van der Waals surface area (Å²) >= 11 is 6.12. The Morgan fingerprint density at radius 3 is 2.53 bits per heavy atom. The second-order valence-electron chi connectivity index (χ2n) is 7.18. The van der Waals surface area contributed by atoms with Crippen molar-refractivity contribution < 1.29 is 13.2 Å². The minimum Gasteiger partial charge on any atom is -0.282 e. The summed E-state index contributed by atoms with van der Waals surface area (Å²) in [6, 6.07) is 13.3. The van der Waals surface area contributed by atoms with Gasteiger partial charge < -0.3 is 0 Å². The van der Waals surface area contributed by atoms with Gasteiger partial charge in [0.05, 0.1) is 16.8 Å². The molecule has 0 amide bonds. The Balaban J connectivity index is 1.72. The predicted molar refractivity (Wildman–Crippen MR) is 114 cm³/mol. The Hall–Kier alpha value is -3.72. The van der Waals surface area contributed by atoms with Crippen molar-refractivity contribution in [3.63, 3.8) is 0 Å². The molecule has 0 fully saturated rings. The summed E-state index contributed by atoms with van der Waals surface area (Å²) in [5.41, 5.74) is 1.62. The van der Waals surface area contributed by atoms with E-state index in [9.17, 15) is 18.0 Å². The zero-order valence-electron chi connectivity index (χ0n) is 16.4. The molecule has 0 spiro atoms. The third kappa shape index (κ3) is 3.21. The fraction of sp³-hybridized carbons (Fsp3) is 0.0909. The van der Waals surface area contributed by atoms with Crippen LogP contribution in [0.5, 0.6) is 0 Å². The van der Waals surface area contributed by atoms with Crippen LogP contribution in [0.1, 0.15) is 11.3 Å². The van der Waals surface area contributed by atoms with E-state index in [1.165, 1.54) is 22.8 Å². The molecule has 0 saturated heterocycles. The number of rotatable bonds is 2. The Morgan fingerprint density at radius 2 is 1.78 bits per heavy atom. The van der Waals surface area contributed by atoms with E-state index in [0.29, 0.717) is 21.9 Å². The van der Waals surface area contributed by atoms with Crippen LogP contribution in [0.25, 0.3) is 33.5 Å². The van der Waals surface area contributed by atoms with Gasteiger partial charge in [0.2, 0.25) is 0 Å². The Morgan fingerprint density at radius 1 is 1.00 bits per heavy atom. The van der Waals surface area contributed by atoms with Gasteiger partial charge in [-0.3, -0.25) is 9.36 Å². The zero-order chi connectivity index (χ0) is 22.6. The third-order valence-electron chi connectivity index (χ3n) is 5.12. The van der Waals surface area contributed by atoms with Gasteiger partial charge in [0.1, 0.15) is 5.52 Å². The Bertz CT molecular complexity index is 1570. The van der Waals surface area contributed by atoms with E-state index < -0.39 is 17.3 Å². The van der Waals surface area contributed by atoms with Crippen molar-refractivity contribution in [3.8, 4) is 16.8 Å². The van der Waals surface area contributed by atoms with Crippen LogP contribution in [-0.2, 0) is 6.18 Å². The number of halogens is 4. The molecule has 10 heteroatoms. The van der Waals surface area contributed by atoms with Crippen LogP contribution in [0.15, 0.2) is 65.6 Å². The van der Waals surface area contributed by atoms with E-state index in [4.69, 9.17) is 11.6 Å². The van der Waals surface area contributed by atoms with Crippen LogP contribution in [0, 0.1) is 6.92 Å². The highest BCUT2D eigenvalue weighted by Crippen LogP contribution is 2.31. The molecular weight excluding hydrogens is 443 g/mol. The molecule has 0 N–H and O–H groups in total. The smallest absolute Gasteiger partial charge is 0.282 e. The van der Waals surface area contributed by atoms with E-state index in [1.54, 1.807) is 25.1 Å². The highest BCUT2D eigenvalue weighted by molar-refractivity contribution is 6.30. The molecule has 32 heavy (non-hydrogen) atoms. The van der Waals surface area contributed by atoms with E-state index in [1.807, 2.05) is 12.1 Å². The predicted octanol–water partition coefficient (Wildman–Crippen LogP) is 5.08. The molecule has 0 atom stereocenters. The number of hydrogen-bond acceptors (Lipinski definition) is 4. The molecular formula is C22H13ClF3N5O. The quantitative estimate of drug-likeness (QED) is 0.372. The molecule has 6 nitrogen and oxygen atoms in total. The number of fused-ring (bicyclic) bond motifs is 3. The summed E-state index contributed by atoms with van der Waals surface area (Å²) in [5.74, 6) is 0. The van der Waals surface area contributed by atoms with E-state index >= 15 is 0 Å². The Kier molecular flexibility index (Phi) is 4.52. The average Bonchev–Trinajstić information content (AvgIpc) is 3.09. The number of aryl methyl sites for hydroxylation is 1. The van der Waals surface area contributed by atoms with Gasteiger partial charge in [-0.05, 0) is 48.9 Å². The first-order valence-corrected chi connectivity index (χ1v) is 9.83. The first-order chi connectivity index (χ1) is 15.2. The van der Waals surface area contributed by atoms with Gasteiger partial charge >= 0.3 is 6.18 Å². The summed E-state index contributed by atoms with van der Waals surface area (Å²) in [7, 11) is 0. The molecule has 0 radical (unpaired) electrons. The van der Waals surface area contributed by atoms with Gasteiger partial charge in [-0.1, -0.05) is 29.8 Å². The van der Waals surface area contributed by atoms with Crippen molar-refractivity contribution in [2.24, 2.45) is 0 Å². The maximum Gasteiger partial charge on any atom is 0.416 e. The van der Waals surface area contributed by atoms with Crippen LogP contribution in [0.2, 0.25) is 5.02 Å². The zero-order valence-corrected chi connectivity index (χ0v) is 17.2. The van der Waals surface area contributed by atoms with Crippen LogP contribution < -0.4 is 5.56 Å². The molecule has 0 aliphatic heterocycles. The normalized spacial score (nSPS) is 12.0. The number of hydrogen-bond donors (Lipinski definition) is 0. The molecule has 5 rings (SSSR count). The molecule has 5 aromatic rings. The first kappa shape index (κ1) is 20.2. The van der Waals surface area contributed by atoms with Crippen molar-refractivity contribution in [2.75, 3.05) is 0 Å². The van der Waals surface area contributed by atoms with E-state index in [0.717, 1.165) is 27.8 Å². The summed E-state index contributed by atoms with van der Waals surface area (Å²) in [5, 5.41) is 13.4. The number of alkyl halides is 3. The van der Waals surface area contributed by atoms with E-state index in [-0.39, 0.29) is 11.2 Å². The molecule has 0 bridgehead atoms. The molecule has 3 aromatic heterocycles. The highest BCUT2D eigenvalue weighted by atomic mass is 35.5. The van der Waals surface area contributed by atoms with Crippen LogP contribution in [0.3, 0.4) is 0 Å². The highest BCUT2D eigenvalue weighted by Gasteiger charge is 2.30. The minimum absolute atomic E-state index is 0.0162. The lowest BCUT2D eigenvalue weighted by Gasteiger charge is -2.11. The molecule has 3 heterocycles. The molecule has 0 aliphatic rings. The van der Waals surface area contributed by atoms with Crippen molar-refractivity contribution in [1.29, 1.82) is 0 Å². The van der Waals surface area contributed by atoms with Crippen molar-refractivity contribution >= 4 is 28.3 Å². The van der Waals surface area contributed by atoms with Crippen molar-refractivity contribution in [1.82, 2.24) is 24.4 Å². The number of aromatic nitrogens is 5. The maximum atomic E-state index is 13.1. The second kappa shape index (κ2) is 7.16. The number of nitrogens with zero attached hydrogens (tertiary/aromatic N) is 5. The SMILES string of the molecule is Cc1nn2c(nnc3c(=O)n(-c4cccc(C(F)(F)F)c4)ccc32)c1-c1cccc(Cl)c1. The van der Waals surface area contributed by atoms with Crippen LogP contribution in [0.4, 0.5) is 13.2 Å². The lowest BCUT2D eigenvalue weighted by atomic mass is 10.1. The molecule has 0 unspecified atom stereocenters. The molecule has 0 aliphatic carbocycles. The molecule has 0 saturated carbocycles. The first-order valence-electron chi connectivity index (χ1n) is 9.45. The van der Waals surface area contributed by atoms with E-state index in [2.05, 4.69) is 15.3 Å². The summed E-state index contributed by atoms with van der Waals surface area (Å²) in [4.78, 5) is 13.1. The van der Waals surface area contributed by atoms with Crippen LogP contribution >= 0.6 is 11.6 Å². The molecule has 2 aromatic carbocycles. The average molecular weight is 456 g/mol. The summed E-state index contributed by atoms with van der Waals surface area (Å²) in [6.45, 7) is 1.81. The molecule has 160 valence electrons. The van der Waals surface area contributed by atoms with Gasteiger partial charge in [-0.2, -0.15) is 18.3 Å². The standard InChI is InChI=1S/C22H13ClF3N5O/c1-12-18(13-4-2-6-15(23)10-13)20-28-27-19-17(31(20)29-12)8-9-30(21(19)32)16-7-3-5-14(11-16)22(24,25)26/h2-11H,1H3.